The minimum Gasteiger partial charge on any atom is -0.494 e. The third-order valence-electron chi connectivity index (χ3n) is 2.83. The Kier molecular flexibility index (Phi) is 7.04. The first-order chi connectivity index (χ1) is 9.52. The molecule has 0 saturated heterocycles. The van der Waals surface area contributed by atoms with Crippen LogP contribution in [0.5, 0.6) is 5.75 Å². The Labute approximate surface area is 119 Å². The van der Waals surface area contributed by atoms with E-state index in [0.29, 0.717) is 25.2 Å². The highest BCUT2D eigenvalue weighted by atomic mass is 16.5. The summed E-state index contributed by atoms with van der Waals surface area (Å²) in [4.78, 5) is 11.1. The fourth-order valence-electron chi connectivity index (χ4n) is 1.86. The predicted molar refractivity (Wildman–Crippen MR) is 77.0 cm³/mol. The monoisotopic (exact) mass is 281 g/mol. The molecule has 5 nitrogen and oxygen atoms in total. The molecule has 0 aromatic heterocycles. The lowest BCUT2D eigenvalue weighted by Crippen LogP contribution is -2.41. The third-order valence-corrected chi connectivity index (χ3v) is 2.83. The van der Waals surface area contributed by atoms with E-state index in [2.05, 4.69) is 5.32 Å². The Hall–Kier alpha value is -1.59. The molecule has 3 N–H and O–H groups in total. The maximum absolute atomic E-state index is 11.1. The molecular weight excluding hydrogens is 258 g/mol. The summed E-state index contributed by atoms with van der Waals surface area (Å²) in [5.41, 5.74) is 1.05. The largest absolute Gasteiger partial charge is 0.494 e. The lowest BCUT2D eigenvalue weighted by molar-refractivity contribution is -0.140. The first kappa shape index (κ1) is 16.5. The maximum atomic E-state index is 11.1. The van der Waals surface area contributed by atoms with Crippen LogP contribution >= 0.6 is 0 Å². The molecule has 0 aliphatic rings. The molecule has 0 aliphatic heterocycles. The van der Waals surface area contributed by atoms with Crippen LogP contribution in [0.25, 0.3) is 0 Å². The lowest BCUT2D eigenvalue weighted by atomic mass is 10.1. The normalized spacial score (nSPS) is 12.4. The van der Waals surface area contributed by atoms with Gasteiger partial charge in [0.05, 0.1) is 6.61 Å². The summed E-state index contributed by atoms with van der Waals surface area (Å²) in [5, 5.41) is 20.9. The number of rotatable bonds is 9. The fourth-order valence-corrected chi connectivity index (χ4v) is 1.86. The molecular formula is C15H23NO4. The van der Waals surface area contributed by atoms with Gasteiger partial charge in [-0.15, -0.1) is 0 Å². The van der Waals surface area contributed by atoms with Gasteiger partial charge in [0.1, 0.15) is 11.8 Å². The minimum absolute atomic E-state index is 0.119. The van der Waals surface area contributed by atoms with Crippen molar-refractivity contribution in [3.63, 3.8) is 0 Å². The molecule has 20 heavy (non-hydrogen) atoms. The van der Waals surface area contributed by atoms with Gasteiger partial charge >= 0.3 is 5.97 Å². The van der Waals surface area contributed by atoms with Gasteiger partial charge in [0.2, 0.25) is 0 Å². The van der Waals surface area contributed by atoms with E-state index in [1.165, 1.54) is 0 Å². The molecule has 0 amide bonds. The molecule has 0 bridgehead atoms. The van der Waals surface area contributed by atoms with Gasteiger partial charge in [0.15, 0.2) is 0 Å². The number of aliphatic hydroxyl groups is 1. The van der Waals surface area contributed by atoms with Crippen LogP contribution in [-0.2, 0) is 11.2 Å². The number of carbonyl (C=O) groups is 1. The van der Waals surface area contributed by atoms with Gasteiger partial charge in [-0.3, -0.25) is 4.79 Å². The van der Waals surface area contributed by atoms with Crippen LogP contribution in [0.3, 0.4) is 0 Å². The Morgan fingerprint density at radius 3 is 2.45 bits per heavy atom. The highest BCUT2D eigenvalue weighted by Crippen LogP contribution is 2.13. The van der Waals surface area contributed by atoms with Gasteiger partial charge < -0.3 is 20.3 Å². The average Bonchev–Trinajstić information content (AvgIpc) is 2.39. The summed E-state index contributed by atoms with van der Waals surface area (Å²) in [7, 11) is 0. The predicted octanol–water partition coefficient (Wildman–Crippen LogP) is 1.44. The minimum atomic E-state index is -0.861. The smallest absolute Gasteiger partial charge is 0.320 e. The van der Waals surface area contributed by atoms with E-state index in [9.17, 15) is 4.79 Å². The highest BCUT2D eigenvalue weighted by molar-refractivity contribution is 5.73. The number of carboxylic acid groups (broad SMARTS) is 1. The fraction of sp³-hybridized carbons (Fsp3) is 0.533. The highest BCUT2D eigenvalue weighted by Gasteiger charge is 2.17. The second kappa shape index (κ2) is 8.55. The molecule has 0 spiro atoms. The Bertz CT molecular complexity index is 403. The second-order valence-electron chi connectivity index (χ2n) is 4.97. The number of nitrogens with one attached hydrogen (secondary N) is 1. The van der Waals surface area contributed by atoms with Crippen molar-refractivity contribution in [1.29, 1.82) is 0 Å². The summed E-state index contributed by atoms with van der Waals surface area (Å²) in [5.74, 6) is -0.152. The Morgan fingerprint density at radius 1 is 1.30 bits per heavy atom. The van der Waals surface area contributed by atoms with Gasteiger partial charge in [-0.25, -0.2) is 0 Å². The van der Waals surface area contributed by atoms with E-state index in [1.807, 2.05) is 38.1 Å². The first-order valence-electron chi connectivity index (χ1n) is 6.84. The van der Waals surface area contributed by atoms with Crippen molar-refractivity contribution in [2.75, 3.05) is 13.2 Å². The number of aliphatic hydroxyl groups excluding tert-OH is 1. The zero-order chi connectivity index (χ0) is 15.0. The van der Waals surface area contributed by atoms with Crippen LogP contribution in [0.15, 0.2) is 24.3 Å². The summed E-state index contributed by atoms with van der Waals surface area (Å²) in [6.45, 7) is 4.30. The number of aliphatic carboxylic acids is 1. The van der Waals surface area contributed by atoms with Crippen molar-refractivity contribution in [3.8, 4) is 5.75 Å². The summed E-state index contributed by atoms with van der Waals surface area (Å²) in [6, 6.07) is 6.98. The van der Waals surface area contributed by atoms with Crippen LogP contribution < -0.4 is 10.1 Å². The van der Waals surface area contributed by atoms with Gasteiger partial charge in [-0.2, -0.15) is 0 Å². The molecule has 1 atom stereocenters. The molecule has 1 unspecified atom stereocenters. The van der Waals surface area contributed by atoms with Crippen LogP contribution in [0, 0.1) is 0 Å². The van der Waals surface area contributed by atoms with Crippen molar-refractivity contribution >= 4 is 5.97 Å². The van der Waals surface area contributed by atoms with Crippen molar-refractivity contribution in [1.82, 2.24) is 5.32 Å². The quantitative estimate of drug-likeness (QED) is 0.638. The number of hydrogen-bond acceptors (Lipinski definition) is 4. The van der Waals surface area contributed by atoms with E-state index in [4.69, 9.17) is 14.9 Å². The molecule has 0 heterocycles. The number of benzene rings is 1. The molecule has 1 aromatic rings. The molecule has 1 rings (SSSR count). The number of ether oxygens (including phenoxy) is 1. The number of carboxylic acids is 1. The van der Waals surface area contributed by atoms with E-state index in [0.717, 1.165) is 5.56 Å². The average molecular weight is 281 g/mol. The van der Waals surface area contributed by atoms with E-state index in [1.54, 1.807) is 0 Å². The standard InChI is InChI=1S/C15H23NO4/c1-11(2)16-14(15(18)19)8-10-20-13-5-3-12(4-6-13)7-9-17/h3-6,11,14,16-17H,7-10H2,1-2H3,(H,18,19). The SMILES string of the molecule is CC(C)NC(CCOc1ccc(CCO)cc1)C(=O)O. The molecule has 112 valence electrons. The van der Waals surface area contributed by atoms with Crippen molar-refractivity contribution in [2.24, 2.45) is 0 Å². The first-order valence-corrected chi connectivity index (χ1v) is 6.84. The summed E-state index contributed by atoms with van der Waals surface area (Å²) in [6.07, 6.45) is 1.03. The van der Waals surface area contributed by atoms with Crippen LogP contribution in [-0.4, -0.2) is 41.5 Å². The molecule has 0 fully saturated rings. The zero-order valence-corrected chi connectivity index (χ0v) is 12.0. The molecule has 0 aliphatic carbocycles. The van der Waals surface area contributed by atoms with E-state index < -0.39 is 12.0 Å². The molecule has 1 aromatic carbocycles. The Balaban J connectivity index is 2.40. The summed E-state index contributed by atoms with van der Waals surface area (Å²) < 4.78 is 5.54. The lowest BCUT2D eigenvalue weighted by Gasteiger charge is -2.17. The van der Waals surface area contributed by atoms with Crippen molar-refractivity contribution in [3.05, 3.63) is 29.8 Å². The van der Waals surface area contributed by atoms with Gasteiger partial charge in [0, 0.05) is 19.1 Å². The van der Waals surface area contributed by atoms with Crippen LogP contribution in [0.1, 0.15) is 25.8 Å². The van der Waals surface area contributed by atoms with Crippen LogP contribution in [0.2, 0.25) is 0 Å². The number of hydrogen-bond donors (Lipinski definition) is 3. The van der Waals surface area contributed by atoms with Gasteiger partial charge in [-0.05, 0) is 24.1 Å². The summed E-state index contributed by atoms with van der Waals surface area (Å²) >= 11 is 0. The van der Waals surface area contributed by atoms with E-state index in [-0.39, 0.29) is 12.6 Å². The topological polar surface area (TPSA) is 78.8 Å². The zero-order valence-electron chi connectivity index (χ0n) is 12.0. The molecule has 0 saturated carbocycles. The maximum Gasteiger partial charge on any atom is 0.320 e. The van der Waals surface area contributed by atoms with Crippen molar-refractivity contribution < 1.29 is 19.7 Å². The van der Waals surface area contributed by atoms with Crippen molar-refractivity contribution in [2.45, 2.75) is 38.8 Å². The van der Waals surface area contributed by atoms with Crippen LogP contribution in [0.4, 0.5) is 0 Å². The molecule has 5 heteroatoms. The van der Waals surface area contributed by atoms with E-state index >= 15 is 0 Å². The van der Waals surface area contributed by atoms with Gasteiger partial charge in [-0.1, -0.05) is 26.0 Å². The van der Waals surface area contributed by atoms with Gasteiger partial charge in [0.25, 0.3) is 0 Å². The molecule has 0 radical (unpaired) electrons. The third kappa shape index (κ3) is 6.04. The second-order valence-corrected chi connectivity index (χ2v) is 4.97. The Morgan fingerprint density at radius 2 is 1.95 bits per heavy atom.